The number of benzene rings is 1. The third-order valence-electron chi connectivity index (χ3n) is 4.18. The molecule has 110 valence electrons. The molecule has 2 fully saturated rings. The van der Waals surface area contributed by atoms with Gasteiger partial charge in [0.2, 0.25) is 0 Å². The average Bonchev–Trinajstić information content (AvgIpc) is 3.01. The van der Waals surface area contributed by atoms with E-state index in [0.717, 1.165) is 17.7 Å². The van der Waals surface area contributed by atoms with Crippen molar-refractivity contribution in [2.45, 2.75) is 31.2 Å². The van der Waals surface area contributed by atoms with Crippen LogP contribution in [-0.2, 0) is 4.79 Å². The van der Waals surface area contributed by atoms with Crippen molar-refractivity contribution in [3.63, 3.8) is 0 Å². The van der Waals surface area contributed by atoms with Crippen molar-refractivity contribution in [2.24, 2.45) is 0 Å². The third-order valence-corrected chi connectivity index (χ3v) is 4.51. The number of imide groups is 1. The number of rotatable bonds is 3. The normalized spacial score (nSPS) is 20.1. The molecule has 1 saturated carbocycles. The van der Waals surface area contributed by atoms with Gasteiger partial charge in [-0.1, -0.05) is 36.6 Å². The molecule has 1 spiro atoms. The maximum Gasteiger partial charge on any atom is 0.325 e. The molecule has 1 aromatic rings. The van der Waals surface area contributed by atoms with Gasteiger partial charge in [0.05, 0.1) is 11.6 Å². The van der Waals surface area contributed by atoms with Gasteiger partial charge in [-0.2, -0.15) is 0 Å². The van der Waals surface area contributed by atoms with Crippen LogP contribution < -0.4 is 5.32 Å². The summed E-state index contributed by atoms with van der Waals surface area (Å²) in [5.41, 5.74) is -0.454. The average molecular weight is 307 g/mol. The topological polar surface area (TPSA) is 66.5 Å². The molecule has 0 radical (unpaired) electrons. The predicted molar refractivity (Wildman–Crippen MR) is 77.2 cm³/mol. The highest BCUT2D eigenvalue weighted by atomic mass is 35.5. The van der Waals surface area contributed by atoms with Gasteiger partial charge in [0.25, 0.3) is 5.91 Å². The van der Waals surface area contributed by atoms with E-state index in [1.165, 1.54) is 0 Å². The highest BCUT2D eigenvalue weighted by Crippen LogP contribution is 2.35. The Labute approximate surface area is 127 Å². The van der Waals surface area contributed by atoms with E-state index in [1.807, 2.05) is 0 Å². The zero-order valence-electron chi connectivity index (χ0n) is 11.4. The minimum Gasteiger partial charge on any atom is -0.323 e. The van der Waals surface area contributed by atoms with Gasteiger partial charge >= 0.3 is 6.03 Å². The van der Waals surface area contributed by atoms with Crippen LogP contribution in [-0.4, -0.2) is 34.7 Å². The third kappa shape index (κ3) is 2.31. The molecule has 3 amide bonds. The number of urea groups is 1. The molecule has 3 rings (SSSR count). The van der Waals surface area contributed by atoms with Crippen molar-refractivity contribution in [1.82, 2.24) is 10.2 Å². The Morgan fingerprint density at radius 2 is 1.90 bits per heavy atom. The van der Waals surface area contributed by atoms with Crippen LogP contribution in [0, 0.1) is 0 Å². The predicted octanol–water partition coefficient (Wildman–Crippen LogP) is 2.39. The lowest BCUT2D eigenvalue weighted by molar-refractivity contribution is -0.130. The fourth-order valence-electron chi connectivity index (χ4n) is 3.05. The van der Waals surface area contributed by atoms with Crippen LogP contribution in [0.5, 0.6) is 0 Å². The smallest absolute Gasteiger partial charge is 0.323 e. The number of halogens is 1. The first-order valence-electron chi connectivity index (χ1n) is 6.95. The Balaban J connectivity index is 1.79. The van der Waals surface area contributed by atoms with Gasteiger partial charge in [0.15, 0.2) is 5.78 Å². The summed E-state index contributed by atoms with van der Waals surface area (Å²) in [5, 5.41) is 3.08. The van der Waals surface area contributed by atoms with Crippen molar-refractivity contribution in [1.29, 1.82) is 0 Å². The standard InChI is InChI=1S/C15H15ClN2O3/c16-11-6-2-1-5-10(11)12(19)9-18-13(20)15(17-14(18)21)7-3-4-8-15/h1-2,5-6H,3-4,7-9H2,(H,17,21). The molecule has 1 N–H and O–H groups in total. The first-order chi connectivity index (χ1) is 10.0. The molecule has 21 heavy (non-hydrogen) atoms. The Hall–Kier alpha value is -1.88. The molecule has 1 aromatic carbocycles. The number of ketones is 1. The summed E-state index contributed by atoms with van der Waals surface area (Å²) in [7, 11) is 0. The number of nitrogens with one attached hydrogen (secondary N) is 1. The van der Waals surface area contributed by atoms with Gasteiger partial charge in [-0.3, -0.25) is 14.5 Å². The summed E-state index contributed by atoms with van der Waals surface area (Å²) in [5.74, 6) is -0.621. The lowest BCUT2D eigenvalue weighted by Crippen LogP contribution is -2.44. The summed E-state index contributed by atoms with van der Waals surface area (Å²) >= 11 is 5.97. The number of hydrogen-bond acceptors (Lipinski definition) is 3. The Morgan fingerprint density at radius 3 is 2.57 bits per heavy atom. The van der Waals surface area contributed by atoms with Crippen LogP contribution in [0.1, 0.15) is 36.0 Å². The van der Waals surface area contributed by atoms with Gasteiger partial charge in [0, 0.05) is 5.56 Å². The summed E-state index contributed by atoms with van der Waals surface area (Å²) in [6.45, 7) is -0.268. The highest BCUT2D eigenvalue weighted by Gasteiger charge is 2.52. The number of carbonyl (C=O) groups excluding carboxylic acids is 3. The van der Waals surface area contributed by atoms with E-state index in [1.54, 1.807) is 24.3 Å². The van der Waals surface area contributed by atoms with Gasteiger partial charge in [-0.15, -0.1) is 0 Å². The molecule has 0 unspecified atom stereocenters. The number of amides is 3. The maximum absolute atomic E-state index is 12.4. The first kappa shape index (κ1) is 14.1. The zero-order chi connectivity index (χ0) is 15.0. The first-order valence-corrected chi connectivity index (χ1v) is 7.33. The lowest BCUT2D eigenvalue weighted by Gasteiger charge is -2.19. The van der Waals surface area contributed by atoms with Crippen LogP contribution in [0.3, 0.4) is 0 Å². The molecular formula is C15H15ClN2O3. The second-order valence-corrected chi connectivity index (χ2v) is 5.92. The van der Waals surface area contributed by atoms with E-state index in [4.69, 9.17) is 11.6 Å². The SMILES string of the molecule is O=C(CN1C(=O)NC2(CCCC2)C1=O)c1ccccc1Cl. The molecule has 0 atom stereocenters. The second-order valence-electron chi connectivity index (χ2n) is 5.51. The quantitative estimate of drug-likeness (QED) is 0.689. The molecule has 5 nitrogen and oxygen atoms in total. The van der Waals surface area contributed by atoms with Crippen LogP contribution >= 0.6 is 11.6 Å². The van der Waals surface area contributed by atoms with Crippen LogP contribution in [0.2, 0.25) is 5.02 Å². The molecule has 2 aliphatic rings. The summed E-state index contributed by atoms with van der Waals surface area (Å²) in [6.07, 6.45) is 3.12. The second kappa shape index (κ2) is 5.15. The van der Waals surface area contributed by atoms with Crippen molar-refractivity contribution >= 4 is 29.3 Å². The molecule has 1 aliphatic heterocycles. The van der Waals surface area contributed by atoms with E-state index in [0.29, 0.717) is 23.4 Å². The molecule has 1 aliphatic carbocycles. The lowest BCUT2D eigenvalue weighted by atomic mass is 9.98. The number of hydrogen-bond donors (Lipinski definition) is 1. The Bertz CT molecular complexity index is 623. The molecule has 6 heteroatoms. The van der Waals surface area contributed by atoms with Gasteiger partial charge in [-0.25, -0.2) is 4.79 Å². The molecule has 1 heterocycles. The van der Waals surface area contributed by atoms with Crippen LogP contribution in [0.4, 0.5) is 4.79 Å². The molecule has 1 saturated heterocycles. The Morgan fingerprint density at radius 1 is 1.24 bits per heavy atom. The van der Waals surface area contributed by atoms with Crippen LogP contribution in [0.25, 0.3) is 0 Å². The summed E-state index contributed by atoms with van der Waals surface area (Å²) in [6, 6.07) is 6.14. The number of Topliss-reactive ketones (excluding diaryl/α,β-unsaturated/α-hetero) is 1. The maximum atomic E-state index is 12.4. The van der Waals surface area contributed by atoms with Crippen LogP contribution in [0.15, 0.2) is 24.3 Å². The van der Waals surface area contributed by atoms with Crippen molar-refractivity contribution in [3.8, 4) is 0 Å². The van der Waals surface area contributed by atoms with Crippen molar-refractivity contribution in [3.05, 3.63) is 34.9 Å². The minimum atomic E-state index is -0.780. The fraction of sp³-hybridized carbons (Fsp3) is 0.400. The van der Waals surface area contributed by atoms with Crippen molar-refractivity contribution in [2.75, 3.05) is 6.54 Å². The summed E-state index contributed by atoms with van der Waals surface area (Å²) < 4.78 is 0. The Kier molecular flexibility index (Phi) is 3.45. The minimum absolute atomic E-state index is 0.268. The fourth-order valence-corrected chi connectivity index (χ4v) is 3.29. The van der Waals surface area contributed by atoms with E-state index in [2.05, 4.69) is 5.32 Å². The summed E-state index contributed by atoms with van der Waals surface area (Å²) in [4.78, 5) is 37.7. The van der Waals surface area contributed by atoms with Gasteiger partial charge < -0.3 is 5.32 Å². The van der Waals surface area contributed by atoms with E-state index >= 15 is 0 Å². The monoisotopic (exact) mass is 306 g/mol. The number of carbonyl (C=O) groups is 3. The largest absolute Gasteiger partial charge is 0.325 e. The van der Waals surface area contributed by atoms with E-state index in [9.17, 15) is 14.4 Å². The molecule has 0 bridgehead atoms. The van der Waals surface area contributed by atoms with E-state index in [-0.39, 0.29) is 18.2 Å². The van der Waals surface area contributed by atoms with Gasteiger partial charge in [0.1, 0.15) is 5.54 Å². The molecular weight excluding hydrogens is 292 g/mol. The van der Waals surface area contributed by atoms with E-state index < -0.39 is 11.6 Å². The molecule has 0 aromatic heterocycles. The zero-order valence-corrected chi connectivity index (χ0v) is 12.2. The van der Waals surface area contributed by atoms with Gasteiger partial charge in [-0.05, 0) is 25.0 Å². The highest BCUT2D eigenvalue weighted by molar-refractivity contribution is 6.34. The number of nitrogens with zero attached hydrogens (tertiary/aromatic N) is 1. The van der Waals surface area contributed by atoms with Crippen molar-refractivity contribution < 1.29 is 14.4 Å².